The first kappa shape index (κ1) is 28.0. The second kappa shape index (κ2) is 10.2. The normalized spacial score (nSPS) is 27.9. The van der Waals surface area contributed by atoms with E-state index in [1.54, 1.807) is 37.8 Å². The minimum Gasteiger partial charge on any atom is -0.444 e. The van der Waals surface area contributed by atoms with Crippen LogP contribution in [0.4, 0.5) is 18.0 Å². The third-order valence-corrected chi connectivity index (χ3v) is 7.76. The zero-order chi connectivity index (χ0) is 28.0. The summed E-state index contributed by atoms with van der Waals surface area (Å²) in [5.41, 5.74) is -1.28. The number of halogens is 3. The molecule has 206 valence electrons. The number of nitrogens with zero attached hydrogens (tertiary/aromatic N) is 2. The van der Waals surface area contributed by atoms with E-state index in [0.29, 0.717) is 5.56 Å². The van der Waals surface area contributed by atoms with Gasteiger partial charge in [-0.3, -0.25) is 4.79 Å². The Balaban J connectivity index is 1.60. The molecule has 2 amide bonds. The summed E-state index contributed by atoms with van der Waals surface area (Å²) in [6.45, 7) is 9.38. The zero-order valence-corrected chi connectivity index (χ0v) is 22.4. The molecule has 1 N–H and O–H groups in total. The van der Waals surface area contributed by atoms with Gasteiger partial charge in [0.15, 0.2) is 0 Å². The fourth-order valence-corrected chi connectivity index (χ4v) is 5.85. The molecule has 2 aliphatic rings. The van der Waals surface area contributed by atoms with Gasteiger partial charge in [-0.05, 0) is 50.1 Å². The van der Waals surface area contributed by atoms with E-state index in [1.807, 2.05) is 13.8 Å². The van der Waals surface area contributed by atoms with Crippen LogP contribution in [0.5, 0.6) is 0 Å². The molecule has 2 heterocycles. The average Bonchev–Trinajstić information content (AvgIpc) is 3.26. The van der Waals surface area contributed by atoms with Gasteiger partial charge in [-0.2, -0.15) is 0 Å². The summed E-state index contributed by atoms with van der Waals surface area (Å²) >= 11 is 0. The van der Waals surface area contributed by atoms with Gasteiger partial charge in [-0.25, -0.2) is 18.0 Å². The van der Waals surface area contributed by atoms with E-state index in [0.717, 1.165) is 12.1 Å². The Kier molecular flexibility index (Phi) is 7.54. The predicted molar refractivity (Wildman–Crippen MR) is 136 cm³/mol. The molecule has 0 aromatic heterocycles. The van der Waals surface area contributed by atoms with Crippen molar-refractivity contribution in [2.45, 2.75) is 51.7 Å². The molecule has 2 aromatic carbocycles. The first-order valence-electron chi connectivity index (χ1n) is 12.9. The van der Waals surface area contributed by atoms with Crippen LogP contribution in [0, 0.1) is 35.2 Å². The molecule has 0 aliphatic carbocycles. The maximum atomic E-state index is 14.9. The van der Waals surface area contributed by atoms with E-state index in [9.17, 15) is 27.9 Å². The van der Waals surface area contributed by atoms with Gasteiger partial charge in [0.05, 0.1) is 11.5 Å². The standard InChI is InChI=1S/C29H35F3N2O4/c1-17-13-33(14-18(2)29(17,37)19-6-8-20(30)9-7-19)26(35)24-16-34(27(36)38-28(3,4)5)15-23(24)22-11-10-21(31)12-25(22)32/h6-12,17-18,23-24,37H,13-16H2,1-5H3/t17-,18+,23-,24+,29-/m0/s1. The first-order chi connectivity index (χ1) is 17.7. The molecule has 0 saturated carbocycles. The quantitative estimate of drug-likeness (QED) is 0.600. The maximum absolute atomic E-state index is 14.9. The lowest BCUT2D eigenvalue weighted by Crippen LogP contribution is -2.57. The number of carbonyl (C=O) groups excluding carboxylic acids is 2. The lowest BCUT2D eigenvalue weighted by Gasteiger charge is -2.48. The van der Waals surface area contributed by atoms with Crippen LogP contribution in [-0.4, -0.2) is 58.7 Å². The molecule has 0 unspecified atom stereocenters. The second-order valence-corrected chi connectivity index (χ2v) is 11.6. The van der Waals surface area contributed by atoms with E-state index in [4.69, 9.17) is 4.74 Å². The highest BCUT2D eigenvalue weighted by atomic mass is 19.1. The van der Waals surface area contributed by atoms with Gasteiger partial charge in [0.1, 0.15) is 23.1 Å². The molecule has 2 fully saturated rings. The summed E-state index contributed by atoms with van der Waals surface area (Å²) in [5.74, 6) is -4.42. The van der Waals surface area contributed by atoms with Crippen molar-refractivity contribution in [2.75, 3.05) is 26.2 Å². The predicted octanol–water partition coefficient (Wildman–Crippen LogP) is 5.06. The molecule has 2 aromatic rings. The van der Waals surface area contributed by atoms with Gasteiger partial charge in [0.25, 0.3) is 0 Å². The van der Waals surface area contributed by atoms with Gasteiger partial charge >= 0.3 is 6.09 Å². The number of carbonyl (C=O) groups is 2. The Morgan fingerprint density at radius 2 is 1.47 bits per heavy atom. The molecule has 0 spiro atoms. The fraction of sp³-hybridized carbons (Fsp3) is 0.517. The number of aliphatic hydroxyl groups is 1. The largest absolute Gasteiger partial charge is 0.444 e. The Hall–Kier alpha value is -3.07. The first-order valence-corrected chi connectivity index (χ1v) is 12.9. The van der Waals surface area contributed by atoms with Crippen LogP contribution in [0.3, 0.4) is 0 Å². The fourth-order valence-electron chi connectivity index (χ4n) is 5.85. The van der Waals surface area contributed by atoms with Gasteiger partial charge in [0, 0.05) is 50.0 Å². The highest BCUT2D eigenvalue weighted by Gasteiger charge is 2.50. The van der Waals surface area contributed by atoms with Crippen molar-refractivity contribution in [2.24, 2.45) is 17.8 Å². The summed E-state index contributed by atoms with van der Waals surface area (Å²) in [6, 6.07) is 8.96. The highest BCUT2D eigenvalue weighted by Crippen LogP contribution is 2.43. The Morgan fingerprint density at radius 3 is 2.03 bits per heavy atom. The van der Waals surface area contributed by atoms with Gasteiger partial charge in [-0.1, -0.05) is 32.0 Å². The zero-order valence-electron chi connectivity index (χ0n) is 22.4. The van der Waals surface area contributed by atoms with E-state index < -0.39 is 46.6 Å². The molecule has 4 rings (SSSR count). The molecule has 0 radical (unpaired) electrons. The average molecular weight is 533 g/mol. The van der Waals surface area contributed by atoms with E-state index in [1.165, 1.54) is 23.1 Å². The monoisotopic (exact) mass is 532 g/mol. The van der Waals surface area contributed by atoms with Gasteiger partial charge in [-0.15, -0.1) is 0 Å². The number of ether oxygens (including phenoxy) is 1. The van der Waals surface area contributed by atoms with Crippen molar-refractivity contribution in [3.8, 4) is 0 Å². The molecule has 38 heavy (non-hydrogen) atoms. The van der Waals surface area contributed by atoms with Crippen LogP contribution in [0.2, 0.25) is 0 Å². The third-order valence-electron chi connectivity index (χ3n) is 7.76. The van der Waals surface area contributed by atoms with Crippen LogP contribution >= 0.6 is 0 Å². The summed E-state index contributed by atoms with van der Waals surface area (Å²) in [7, 11) is 0. The molecular formula is C29H35F3N2O4. The number of rotatable bonds is 3. The number of amides is 2. The Morgan fingerprint density at radius 1 is 0.895 bits per heavy atom. The van der Waals surface area contributed by atoms with Gasteiger partial charge in [0.2, 0.25) is 5.91 Å². The minimum absolute atomic E-state index is 0.0245. The van der Waals surface area contributed by atoms with Crippen LogP contribution in [0.1, 0.15) is 51.7 Å². The summed E-state index contributed by atoms with van der Waals surface area (Å²) in [4.78, 5) is 29.8. The molecule has 0 bridgehead atoms. The number of likely N-dealkylation sites (tertiary alicyclic amines) is 2. The Labute approximate surface area is 221 Å². The SMILES string of the molecule is C[C@@H]1CN(C(=O)[C@@H]2CN(C(=O)OC(C)(C)C)C[C@H]2c2ccc(F)cc2F)C[C@H](C)[C@@]1(O)c1ccc(F)cc1. The minimum atomic E-state index is -1.27. The highest BCUT2D eigenvalue weighted by molar-refractivity contribution is 5.82. The second-order valence-electron chi connectivity index (χ2n) is 11.6. The maximum Gasteiger partial charge on any atom is 0.410 e. The third kappa shape index (κ3) is 5.39. The number of piperidine rings is 1. The summed E-state index contributed by atoms with van der Waals surface area (Å²) in [5, 5.41) is 11.6. The summed E-state index contributed by atoms with van der Waals surface area (Å²) in [6.07, 6.45) is -0.605. The number of hydrogen-bond acceptors (Lipinski definition) is 4. The van der Waals surface area contributed by atoms with E-state index in [-0.39, 0.29) is 49.5 Å². The van der Waals surface area contributed by atoms with Crippen molar-refractivity contribution in [1.29, 1.82) is 0 Å². The van der Waals surface area contributed by atoms with Crippen molar-refractivity contribution in [1.82, 2.24) is 9.80 Å². The topological polar surface area (TPSA) is 70.1 Å². The lowest BCUT2D eigenvalue weighted by molar-refractivity contribution is -0.152. The number of hydrogen-bond donors (Lipinski definition) is 1. The van der Waals surface area contributed by atoms with Crippen molar-refractivity contribution < 1.29 is 32.6 Å². The Bertz CT molecular complexity index is 1190. The molecule has 9 heteroatoms. The molecule has 2 saturated heterocycles. The van der Waals surface area contributed by atoms with Crippen LogP contribution in [0.25, 0.3) is 0 Å². The van der Waals surface area contributed by atoms with Crippen molar-refractivity contribution in [3.63, 3.8) is 0 Å². The molecule has 6 nitrogen and oxygen atoms in total. The van der Waals surface area contributed by atoms with Crippen molar-refractivity contribution in [3.05, 3.63) is 71.0 Å². The molecule has 2 aliphatic heterocycles. The molecule has 5 atom stereocenters. The lowest BCUT2D eigenvalue weighted by atomic mass is 9.70. The van der Waals surface area contributed by atoms with Gasteiger partial charge < -0.3 is 19.6 Å². The van der Waals surface area contributed by atoms with Crippen LogP contribution in [-0.2, 0) is 15.1 Å². The van der Waals surface area contributed by atoms with E-state index in [2.05, 4.69) is 0 Å². The van der Waals surface area contributed by atoms with Crippen LogP contribution < -0.4 is 0 Å². The number of benzene rings is 2. The molecular weight excluding hydrogens is 497 g/mol. The van der Waals surface area contributed by atoms with Crippen molar-refractivity contribution >= 4 is 12.0 Å². The summed E-state index contributed by atoms with van der Waals surface area (Å²) < 4.78 is 47.5. The van der Waals surface area contributed by atoms with E-state index >= 15 is 0 Å². The van der Waals surface area contributed by atoms with Crippen LogP contribution in [0.15, 0.2) is 42.5 Å². The smallest absolute Gasteiger partial charge is 0.410 e.